The van der Waals surface area contributed by atoms with Crippen LogP contribution >= 0.6 is 0 Å². The van der Waals surface area contributed by atoms with Crippen molar-refractivity contribution < 1.29 is 9.90 Å². The highest BCUT2D eigenvalue weighted by molar-refractivity contribution is 5.82. The van der Waals surface area contributed by atoms with Crippen molar-refractivity contribution >= 4 is 5.91 Å². The van der Waals surface area contributed by atoms with Gasteiger partial charge in [0.05, 0.1) is 12.1 Å². The van der Waals surface area contributed by atoms with E-state index in [0.29, 0.717) is 0 Å². The Morgan fingerprint density at radius 1 is 0.815 bits per heavy atom. The highest BCUT2D eigenvalue weighted by Gasteiger charge is 2.39. The van der Waals surface area contributed by atoms with Gasteiger partial charge in [-0.25, -0.2) is 0 Å². The van der Waals surface area contributed by atoms with E-state index in [2.05, 4.69) is 10.6 Å². The second-order valence-corrected chi connectivity index (χ2v) is 6.34. The minimum Gasteiger partial charge on any atom is -0.394 e. The predicted octanol–water partition coefficient (Wildman–Crippen LogP) is 2.68. The average Bonchev–Trinajstić information content (AvgIpc) is 2.76. The fraction of sp³-hybridized carbons (Fsp3) is 0.174. The molecule has 3 rings (SSSR count). The summed E-state index contributed by atoms with van der Waals surface area (Å²) in [4.78, 5) is 12.4. The lowest BCUT2D eigenvalue weighted by Crippen LogP contribution is -2.56. The maximum atomic E-state index is 12.4. The van der Waals surface area contributed by atoms with Crippen LogP contribution in [0.15, 0.2) is 91.0 Å². The van der Waals surface area contributed by atoms with Crippen LogP contribution in [0, 0.1) is 0 Å². The summed E-state index contributed by atoms with van der Waals surface area (Å²) in [5.41, 5.74) is 2.18. The molecule has 0 bridgehead atoms. The van der Waals surface area contributed by atoms with Crippen LogP contribution < -0.4 is 10.6 Å². The van der Waals surface area contributed by atoms with Gasteiger partial charge in [0, 0.05) is 7.05 Å². The van der Waals surface area contributed by atoms with Gasteiger partial charge in [0.2, 0.25) is 5.91 Å². The number of rotatable bonds is 7. The zero-order valence-electron chi connectivity index (χ0n) is 15.3. The SMILES string of the molecule is CNC(=O)[C@H](CO)NC(c1ccccc1)(c1ccccc1)c1ccccc1. The molecule has 0 aliphatic heterocycles. The van der Waals surface area contributed by atoms with Crippen molar-refractivity contribution in [3.05, 3.63) is 108 Å². The molecule has 1 amide bonds. The summed E-state index contributed by atoms with van der Waals surface area (Å²) in [6, 6.07) is 29.2. The number of carbonyl (C=O) groups is 1. The molecule has 3 aromatic rings. The number of likely N-dealkylation sites (N-methyl/N-ethyl adjacent to an activating group) is 1. The molecule has 27 heavy (non-hydrogen) atoms. The van der Waals surface area contributed by atoms with Gasteiger partial charge < -0.3 is 10.4 Å². The molecule has 0 saturated carbocycles. The van der Waals surface area contributed by atoms with Gasteiger partial charge in [-0.3, -0.25) is 10.1 Å². The maximum absolute atomic E-state index is 12.4. The Morgan fingerprint density at radius 3 is 1.48 bits per heavy atom. The summed E-state index contributed by atoms with van der Waals surface area (Å²) < 4.78 is 0. The molecule has 0 fully saturated rings. The Balaban J connectivity index is 2.27. The Bertz CT molecular complexity index is 755. The molecule has 0 aromatic heterocycles. The van der Waals surface area contributed by atoms with Gasteiger partial charge in [0.1, 0.15) is 6.04 Å². The number of amides is 1. The third kappa shape index (κ3) is 3.77. The molecule has 0 aliphatic carbocycles. The molecule has 0 unspecified atom stereocenters. The first-order valence-electron chi connectivity index (χ1n) is 8.99. The topological polar surface area (TPSA) is 61.4 Å². The Hall–Kier alpha value is -2.95. The first kappa shape index (κ1) is 18.8. The number of hydrogen-bond acceptors (Lipinski definition) is 3. The molecule has 1 atom stereocenters. The molecular formula is C23H24N2O2. The highest BCUT2D eigenvalue weighted by atomic mass is 16.3. The first-order chi connectivity index (χ1) is 13.2. The van der Waals surface area contributed by atoms with Crippen molar-refractivity contribution in [2.24, 2.45) is 0 Å². The summed E-state index contributed by atoms with van der Waals surface area (Å²) in [5.74, 6) is -0.260. The lowest BCUT2D eigenvalue weighted by atomic mass is 9.76. The van der Waals surface area contributed by atoms with Crippen LogP contribution in [0.5, 0.6) is 0 Å². The minimum absolute atomic E-state index is 0.260. The average molecular weight is 360 g/mol. The highest BCUT2D eigenvalue weighted by Crippen LogP contribution is 2.37. The molecular weight excluding hydrogens is 336 g/mol. The predicted molar refractivity (Wildman–Crippen MR) is 107 cm³/mol. The lowest BCUT2D eigenvalue weighted by Gasteiger charge is -2.39. The van der Waals surface area contributed by atoms with E-state index in [0.717, 1.165) is 16.7 Å². The van der Waals surface area contributed by atoms with Crippen molar-refractivity contribution in [2.45, 2.75) is 11.6 Å². The van der Waals surface area contributed by atoms with Crippen LogP contribution in [-0.4, -0.2) is 30.7 Å². The van der Waals surface area contributed by atoms with Crippen LogP contribution in [0.2, 0.25) is 0 Å². The van der Waals surface area contributed by atoms with E-state index in [1.807, 2.05) is 91.0 Å². The second-order valence-electron chi connectivity index (χ2n) is 6.34. The third-order valence-electron chi connectivity index (χ3n) is 4.76. The van der Waals surface area contributed by atoms with E-state index in [1.54, 1.807) is 7.05 Å². The van der Waals surface area contributed by atoms with Gasteiger partial charge in [-0.15, -0.1) is 0 Å². The van der Waals surface area contributed by atoms with E-state index >= 15 is 0 Å². The Labute approximate surface area is 159 Å². The molecule has 4 heteroatoms. The summed E-state index contributed by atoms with van der Waals surface area (Å²) in [6.07, 6.45) is 0. The molecule has 3 aromatic carbocycles. The van der Waals surface area contributed by atoms with Crippen molar-refractivity contribution in [3.8, 4) is 0 Å². The molecule has 0 saturated heterocycles. The first-order valence-corrected chi connectivity index (χ1v) is 8.99. The fourth-order valence-electron chi connectivity index (χ4n) is 3.44. The van der Waals surface area contributed by atoms with Crippen molar-refractivity contribution in [3.63, 3.8) is 0 Å². The third-order valence-corrected chi connectivity index (χ3v) is 4.76. The number of benzene rings is 3. The second kappa shape index (κ2) is 8.62. The lowest BCUT2D eigenvalue weighted by molar-refractivity contribution is -0.124. The number of carbonyl (C=O) groups excluding carboxylic acids is 1. The number of hydrogen-bond donors (Lipinski definition) is 3. The molecule has 0 radical (unpaired) electrons. The number of aliphatic hydroxyl groups is 1. The molecule has 0 aliphatic rings. The minimum atomic E-state index is -0.788. The van der Waals surface area contributed by atoms with E-state index in [-0.39, 0.29) is 12.5 Å². The van der Waals surface area contributed by atoms with Crippen LogP contribution in [-0.2, 0) is 10.3 Å². The molecule has 3 N–H and O–H groups in total. The van der Waals surface area contributed by atoms with Gasteiger partial charge in [-0.2, -0.15) is 0 Å². The van der Waals surface area contributed by atoms with Crippen LogP contribution in [0.1, 0.15) is 16.7 Å². The summed E-state index contributed by atoms with van der Waals surface area (Å²) in [6.45, 7) is -0.312. The van der Waals surface area contributed by atoms with E-state index < -0.39 is 11.6 Å². The van der Waals surface area contributed by atoms with Gasteiger partial charge in [0.25, 0.3) is 0 Å². The van der Waals surface area contributed by atoms with E-state index in [4.69, 9.17) is 0 Å². The monoisotopic (exact) mass is 360 g/mol. The summed E-state index contributed by atoms with van der Waals surface area (Å²) in [7, 11) is 1.57. The molecule has 0 spiro atoms. The maximum Gasteiger partial charge on any atom is 0.239 e. The number of nitrogens with one attached hydrogen (secondary N) is 2. The van der Waals surface area contributed by atoms with E-state index in [9.17, 15) is 9.90 Å². The van der Waals surface area contributed by atoms with E-state index in [1.165, 1.54) is 0 Å². The van der Waals surface area contributed by atoms with Crippen molar-refractivity contribution in [1.82, 2.24) is 10.6 Å². The zero-order valence-corrected chi connectivity index (χ0v) is 15.3. The van der Waals surface area contributed by atoms with Crippen molar-refractivity contribution in [2.75, 3.05) is 13.7 Å². The van der Waals surface area contributed by atoms with Gasteiger partial charge in [0.15, 0.2) is 0 Å². The number of aliphatic hydroxyl groups excluding tert-OH is 1. The van der Waals surface area contributed by atoms with Crippen LogP contribution in [0.4, 0.5) is 0 Å². The normalized spacial score (nSPS) is 12.4. The standard InChI is InChI=1S/C23H24N2O2/c1-24-22(27)21(17-26)25-23(18-11-5-2-6-12-18,19-13-7-3-8-14-19)20-15-9-4-10-16-20/h2-16,21,25-26H,17H2,1H3,(H,24,27)/t21-/m0/s1. The van der Waals surface area contributed by atoms with Crippen molar-refractivity contribution in [1.29, 1.82) is 0 Å². The molecule has 138 valence electrons. The van der Waals surface area contributed by atoms with Gasteiger partial charge in [-0.1, -0.05) is 91.0 Å². The zero-order chi connectivity index (χ0) is 19.1. The molecule has 4 nitrogen and oxygen atoms in total. The van der Waals surface area contributed by atoms with Crippen LogP contribution in [0.25, 0.3) is 0 Å². The largest absolute Gasteiger partial charge is 0.394 e. The Morgan fingerprint density at radius 2 is 1.19 bits per heavy atom. The quantitative estimate of drug-likeness (QED) is 0.568. The smallest absolute Gasteiger partial charge is 0.239 e. The molecule has 0 heterocycles. The van der Waals surface area contributed by atoms with Gasteiger partial charge >= 0.3 is 0 Å². The fourth-order valence-corrected chi connectivity index (χ4v) is 3.44. The Kier molecular flexibility index (Phi) is 6.01. The summed E-state index contributed by atoms with van der Waals surface area (Å²) >= 11 is 0. The summed E-state index contributed by atoms with van der Waals surface area (Å²) in [5, 5.41) is 16.0. The van der Waals surface area contributed by atoms with Gasteiger partial charge in [-0.05, 0) is 16.7 Å². The van der Waals surface area contributed by atoms with Crippen LogP contribution in [0.3, 0.4) is 0 Å².